The van der Waals surface area contributed by atoms with E-state index in [0.29, 0.717) is 0 Å². The molecule has 0 saturated heterocycles. The van der Waals surface area contributed by atoms with Crippen molar-refractivity contribution in [1.29, 1.82) is 0 Å². The maximum atomic E-state index is 9.42. The fraction of sp³-hybridized carbons (Fsp3) is 0.538. The third-order valence-electron chi connectivity index (χ3n) is 2.94. The van der Waals surface area contributed by atoms with E-state index in [9.17, 15) is 5.11 Å². The second kappa shape index (κ2) is 4.58. The molecule has 0 spiro atoms. The van der Waals surface area contributed by atoms with Crippen LogP contribution in [0.1, 0.15) is 30.5 Å². The fourth-order valence-corrected chi connectivity index (χ4v) is 2.42. The van der Waals surface area contributed by atoms with Crippen LogP contribution in [0.15, 0.2) is 17.0 Å². The lowest BCUT2D eigenvalue weighted by molar-refractivity contribution is 0.216. The third-order valence-corrected chi connectivity index (χ3v) is 3.72. The Labute approximate surface area is 96.9 Å². The first kappa shape index (κ1) is 12.6. The zero-order chi connectivity index (χ0) is 11.6. The van der Waals surface area contributed by atoms with Gasteiger partial charge < -0.3 is 5.11 Å². The van der Waals surface area contributed by atoms with E-state index in [1.54, 1.807) is 11.8 Å². The molecule has 0 radical (unpaired) electrons. The van der Waals surface area contributed by atoms with Crippen LogP contribution >= 0.6 is 11.8 Å². The van der Waals surface area contributed by atoms with Gasteiger partial charge in [-0.3, -0.25) is 0 Å². The summed E-state index contributed by atoms with van der Waals surface area (Å²) in [4.78, 5) is 1.28. The summed E-state index contributed by atoms with van der Waals surface area (Å²) < 4.78 is 0. The van der Waals surface area contributed by atoms with Crippen LogP contribution in [0.2, 0.25) is 0 Å². The molecule has 0 unspecified atom stereocenters. The molecule has 0 atom stereocenters. The zero-order valence-corrected chi connectivity index (χ0v) is 11.0. The van der Waals surface area contributed by atoms with Gasteiger partial charge in [0.15, 0.2) is 0 Å². The quantitative estimate of drug-likeness (QED) is 0.795. The highest BCUT2D eigenvalue weighted by Crippen LogP contribution is 2.33. The smallest absolute Gasteiger partial charge is 0.0523 e. The second-order valence-electron chi connectivity index (χ2n) is 4.68. The molecule has 1 rings (SSSR count). The number of thioether (sulfide) groups is 1. The van der Waals surface area contributed by atoms with Crippen molar-refractivity contribution in [2.24, 2.45) is 0 Å². The SMILES string of the molecule is CSc1cc(C)c(C)cc1C(C)(C)CO. The first-order chi connectivity index (χ1) is 6.92. The van der Waals surface area contributed by atoms with Crippen molar-refractivity contribution < 1.29 is 5.11 Å². The third kappa shape index (κ3) is 2.56. The first-order valence-electron chi connectivity index (χ1n) is 5.19. The highest BCUT2D eigenvalue weighted by atomic mass is 32.2. The molecule has 0 aliphatic heterocycles. The lowest BCUT2D eigenvalue weighted by Gasteiger charge is -2.26. The average molecular weight is 224 g/mol. The van der Waals surface area contributed by atoms with E-state index in [1.807, 2.05) is 0 Å². The molecule has 0 amide bonds. The van der Waals surface area contributed by atoms with Crippen molar-refractivity contribution in [3.63, 3.8) is 0 Å². The summed E-state index contributed by atoms with van der Waals surface area (Å²) in [5, 5.41) is 9.42. The van der Waals surface area contributed by atoms with Crippen molar-refractivity contribution in [2.45, 2.75) is 38.0 Å². The molecule has 2 heteroatoms. The minimum absolute atomic E-state index is 0.156. The molecule has 1 aromatic rings. The Balaban J connectivity index is 3.34. The molecule has 0 aliphatic rings. The summed E-state index contributed by atoms with van der Waals surface area (Å²) in [6, 6.07) is 4.42. The summed E-state index contributed by atoms with van der Waals surface area (Å²) in [6.45, 7) is 8.60. The topological polar surface area (TPSA) is 20.2 Å². The Hall–Kier alpha value is -0.470. The highest BCUT2D eigenvalue weighted by Gasteiger charge is 2.23. The molecule has 15 heavy (non-hydrogen) atoms. The van der Waals surface area contributed by atoms with E-state index in [1.165, 1.54) is 21.6 Å². The number of aliphatic hydroxyl groups is 1. The van der Waals surface area contributed by atoms with Gasteiger partial charge in [-0.05, 0) is 42.9 Å². The van der Waals surface area contributed by atoms with Gasteiger partial charge in [-0.2, -0.15) is 0 Å². The summed E-state index contributed by atoms with van der Waals surface area (Å²) in [7, 11) is 0. The minimum atomic E-state index is -0.156. The van der Waals surface area contributed by atoms with Crippen LogP contribution in [0.5, 0.6) is 0 Å². The van der Waals surface area contributed by atoms with Crippen molar-refractivity contribution in [2.75, 3.05) is 12.9 Å². The number of aryl methyl sites for hydroxylation is 2. The summed E-state index contributed by atoms with van der Waals surface area (Å²) in [5.41, 5.74) is 3.71. The van der Waals surface area contributed by atoms with Crippen LogP contribution in [0.4, 0.5) is 0 Å². The van der Waals surface area contributed by atoms with E-state index in [0.717, 1.165) is 0 Å². The van der Waals surface area contributed by atoms with Crippen LogP contribution in [-0.2, 0) is 5.41 Å². The van der Waals surface area contributed by atoms with Gasteiger partial charge in [0.25, 0.3) is 0 Å². The monoisotopic (exact) mass is 224 g/mol. The lowest BCUT2D eigenvalue weighted by atomic mass is 9.84. The molecule has 0 saturated carbocycles. The van der Waals surface area contributed by atoms with E-state index in [2.05, 4.69) is 46.1 Å². The fourth-order valence-electron chi connectivity index (χ4n) is 1.57. The number of hydrogen-bond acceptors (Lipinski definition) is 2. The Morgan fingerprint density at radius 3 is 2.20 bits per heavy atom. The van der Waals surface area contributed by atoms with Crippen LogP contribution in [0, 0.1) is 13.8 Å². The average Bonchev–Trinajstić information content (AvgIpc) is 2.21. The number of benzene rings is 1. The van der Waals surface area contributed by atoms with E-state index in [4.69, 9.17) is 0 Å². The van der Waals surface area contributed by atoms with Gasteiger partial charge in [0.2, 0.25) is 0 Å². The Morgan fingerprint density at radius 1 is 1.20 bits per heavy atom. The van der Waals surface area contributed by atoms with Gasteiger partial charge in [0, 0.05) is 10.3 Å². The van der Waals surface area contributed by atoms with Gasteiger partial charge in [-0.25, -0.2) is 0 Å². The minimum Gasteiger partial charge on any atom is -0.395 e. The second-order valence-corrected chi connectivity index (χ2v) is 5.53. The Bertz CT molecular complexity index is 356. The molecular weight excluding hydrogens is 204 g/mol. The maximum absolute atomic E-state index is 9.42. The Kier molecular flexibility index (Phi) is 3.85. The van der Waals surface area contributed by atoms with Gasteiger partial charge in [0.1, 0.15) is 0 Å². The van der Waals surface area contributed by atoms with Crippen LogP contribution < -0.4 is 0 Å². The normalized spacial score (nSPS) is 11.9. The largest absolute Gasteiger partial charge is 0.395 e. The van der Waals surface area contributed by atoms with E-state index >= 15 is 0 Å². The lowest BCUT2D eigenvalue weighted by Crippen LogP contribution is -2.23. The molecule has 1 nitrogen and oxygen atoms in total. The molecule has 1 N–H and O–H groups in total. The standard InChI is InChI=1S/C13H20OS/c1-9-6-11(13(3,4)8-14)12(15-5)7-10(9)2/h6-7,14H,8H2,1-5H3. The van der Waals surface area contributed by atoms with Gasteiger partial charge in [0.05, 0.1) is 6.61 Å². The first-order valence-corrected chi connectivity index (χ1v) is 6.41. The summed E-state index contributed by atoms with van der Waals surface area (Å²) in [5.74, 6) is 0. The molecule has 0 heterocycles. The maximum Gasteiger partial charge on any atom is 0.0523 e. The molecule has 1 aromatic carbocycles. The van der Waals surface area contributed by atoms with Crippen LogP contribution in [0.3, 0.4) is 0 Å². The highest BCUT2D eigenvalue weighted by molar-refractivity contribution is 7.98. The molecule has 84 valence electrons. The predicted octanol–water partition coefficient (Wildman–Crippen LogP) is 3.30. The molecule has 0 fully saturated rings. The summed E-state index contributed by atoms with van der Waals surface area (Å²) in [6.07, 6.45) is 2.08. The van der Waals surface area contributed by atoms with Crippen molar-refractivity contribution >= 4 is 11.8 Å². The molecule has 0 aromatic heterocycles. The predicted molar refractivity (Wildman–Crippen MR) is 67.8 cm³/mol. The van der Waals surface area contributed by atoms with E-state index < -0.39 is 0 Å². The molecule has 0 bridgehead atoms. The van der Waals surface area contributed by atoms with Gasteiger partial charge in [-0.1, -0.05) is 19.9 Å². The van der Waals surface area contributed by atoms with Gasteiger partial charge in [-0.15, -0.1) is 11.8 Å². The van der Waals surface area contributed by atoms with Gasteiger partial charge >= 0.3 is 0 Å². The van der Waals surface area contributed by atoms with Crippen molar-refractivity contribution in [1.82, 2.24) is 0 Å². The van der Waals surface area contributed by atoms with Crippen molar-refractivity contribution in [3.8, 4) is 0 Å². The summed E-state index contributed by atoms with van der Waals surface area (Å²) >= 11 is 1.75. The Morgan fingerprint density at radius 2 is 1.73 bits per heavy atom. The zero-order valence-electron chi connectivity index (χ0n) is 10.2. The van der Waals surface area contributed by atoms with Crippen molar-refractivity contribution in [3.05, 3.63) is 28.8 Å². The van der Waals surface area contributed by atoms with Crippen LogP contribution in [-0.4, -0.2) is 18.0 Å². The number of aliphatic hydroxyl groups excluding tert-OH is 1. The van der Waals surface area contributed by atoms with Crippen LogP contribution in [0.25, 0.3) is 0 Å². The van der Waals surface area contributed by atoms with E-state index in [-0.39, 0.29) is 12.0 Å². The number of rotatable bonds is 3. The molecular formula is C13H20OS. The molecule has 0 aliphatic carbocycles. The number of hydrogen-bond donors (Lipinski definition) is 1.